The third-order valence-corrected chi connectivity index (χ3v) is 6.01. The molecule has 0 aromatic heterocycles. The van der Waals surface area contributed by atoms with Gasteiger partial charge in [0.15, 0.2) is 5.84 Å². The molecular formula is C26H41N7O6. The van der Waals surface area contributed by atoms with E-state index < -0.39 is 17.0 Å². The fraction of sp³-hybridized carbons (Fsp3) is 0.615. The van der Waals surface area contributed by atoms with Crippen molar-refractivity contribution in [1.82, 2.24) is 10.6 Å². The van der Waals surface area contributed by atoms with Crippen LogP contribution >= 0.6 is 0 Å². The summed E-state index contributed by atoms with van der Waals surface area (Å²) in [4.78, 5) is 40.0. The summed E-state index contributed by atoms with van der Waals surface area (Å²) in [5.41, 5.74) is 5.13. The van der Waals surface area contributed by atoms with Gasteiger partial charge < -0.3 is 36.4 Å². The Morgan fingerprint density at radius 3 is 2.54 bits per heavy atom. The van der Waals surface area contributed by atoms with Gasteiger partial charge in [-0.2, -0.15) is 0 Å². The topological polar surface area (TPSA) is 192 Å². The molecule has 0 spiro atoms. The van der Waals surface area contributed by atoms with E-state index in [0.717, 1.165) is 5.56 Å². The summed E-state index contributed by atoms with van der Waals surface area (Å²) in [5, 5.41) is 13.0. The van der Waals surface area contributed by atoms with E-state index in [4.69, 9.17) is 25.8 Å². The number of benzene rings is 1. The lowest BCUT2D eigenvalue weighted by Gasteiger charge is -2.21. The van der Waals surface area contributed by atoms with Crippen molar-refractivity contribution in [1.29, 1.82) is 0 Å². The number of alkyl carbamates (subject to hydrolysis) is 1. The fourth-order valence-corrected chi connectivity index (χ4v) is 3.63. The van der Waals surface area contributed by atoms with Gasteiger partial charge in [-0.05, 0) is 38.7 Å². The van der Waals surface area contributed by atoms with Crippen LogP contribution in [0.15, 0.2) is 45.7 Å². The highest BCUT2D eigenvalue weighted by Crippen LogP contribution is 2.48. The summed E-state index contributed by atoms with van der Waals surface area (Å²) in [7, 11) is 0. The first-order chi connectivity index (χ1) is 18.6. The summed E-state index contributed by atoms with van der Waals surface area (Å²) >= 11 is 0. The molecule has 1 aliphatic carbocycles. The average molecular weight is 548 g/mol. The first-order valence-corrected chi connectivity index (χ1v) is 13.1. The predicted octanol–water partition coefficient (Wildman–Crippen LogP) is 2.00. The number of nitrogens with zero attached hydrogens (tertiary/aromatic N) is 3. The number of aliphatic imine (C=N–C) groups is 1. The maximum absolute atomic E-state index is 12.5. The molecule has 2 rings (SSSR count). The third-order valence-electron chi connectivity index (χ3n) is 6.01. The number of rotatable bonds is 16. The Bertz CT molecular complexity index is 996. The molecule has 13 nitrogen and oxygen atoms in total. The van der Waals surface area contributed by atoms with Crippen molar-refractivity contribution >= 4 is 23.8 Å². The van der Waals surface area contributed by atoms with E-state index in [1.807, 2.05) is 30.3 Å². The van der Waals surface area contributed by atoms with E-state index in [1.165, 1.54) is 0 Å². The Hall–Kier alpha value is -3.58. The van der Waals surface area contributed by atoms with Gasteiger partial charge in [0.25, 0.3) is 0 Å². The molecular weight excluding hydrogens is 506 g/mol. The summed E-state index contributed by atoms with van der Waals surface area (Å²) in [6.45, 7) is 6.36. The summed E-state index contributed by atoms with van der Waals surface area (Å²) in [6.07, 6.45) is 1.54. The van der Waals surface area contributed by atoms with Gasteiger partial charge in [-0.3, -0.25) is 14.6 Å². The predicted molar refractivity (Wildman–Crippen MR) is 145 cm³/mol. The zero-order chi connectivity index (χ0) is 28.7. The minimum Gasteiger partial charge on any atom is -0.466 e. The summed E-state index contributed by atoms with van der Waals surface area (Å²) in [5.74, 6) is 5.10. The van der Waals surface area contributed by atoms with Gasteiger partial charge in [-0.25, -0.2) is 4.79 Å². The number of ether oxygens (including phenoxy) is 3. The van der Waals surface area contributed by atoms with Crippen LogP contribution in [-0.4, -0.2) is 68.3 Å². The van der Waals surface area contributed by atoms with E-state index in [0.29, 0.717) is 51.3 Å². The largest absolute Gasteiger partial charge is 0.466 e. The van der Waals surface area contributed by atoms with Crippen molar-refractivity contribution in [2.24, 2.45) is 32.3 Å². The van der Waals surface area contributed by atoms with Gasteiger partial charge in [0.2, 0.25) is 5.91 Å². The van der Waals surface area contributed by atoms with Gasteiger partial charge in [-0.15, -0.1) is 5.11 Å². The van der Waals surface area contributed by atoms with Gasteiger partial charge >= 0.3 is 12.1 Å². The lowest BCUT2D eigenvalue weighted by atomic mass is 10.0. The number of unbranched alkanes of at least 4 members (excludes halogenated alkanes) is 1. The maximum atomic E-state index is 12.5. The molecule has 0 saturated heterocycles. The highest BCUT2D eigenvalue weighted by molar-refractivity contribution is 5.94. The van der Waals surface area contributed by atoms with Crippen LogP contribution in [0, 0.1) is 5.41 Å². The second-order valence-corrected chi connectivity index (χ2v) is 9.85. The number of nitrogens with two attached hydrogens (primary N) is 2. The minimum absolute atomic E-state index is 0.00263. The molecule has 39 heavy (non-hydrogen) atoms. The Kier molecular flexibility index (Phi) is 12.8. The van der Waals surface area contributed by atoms with Gasteiger partial charge in [0.1, 0.15) is 6.61 Å². The zero-order valence-corrected chi connectivity index (χ0v) is 23.0. The van der Waals surface area contributed by atoms with Crippen LogP contribution in [0.2, 0.25) is 0 Å². The first kappa shape index (κ1) is 31.6. The van der Waals surface area contributed by atoms with Gasteiger partial charge in [0, 0.05) is 19.0 Å². The van der Waals surface area contributed by atoms with Crippen LogP contribution in [0.1, 0.15) is 52.0 Å². The highest BCUT2D eigenvalue weighted by atomic mass is 16.5. The number of amides is 2. The summed E-state index contributed by atoms with van der Waals surface area (Å²) in [6, 6.07) is 9.35. The van der Waals surface area contributed by atoms with E-state index in [1.54, 1.807) is 20.8 Å². The Morgan fingerprint density at radius 1 is 1.13 bits per heavy atom. The third kappa shape index (κ3) is 11.0. The maximum Gasteiger partial charge on any atom is 0.407 e. The lowest BCUT2D eigenvalue weighted by molar-refractivity contribution is -0.143. The van der Waals surface area contributed by atoms with Crippen molar-refractivity contribution in [3.8, 4) is 0 Å². The number of esters is 1. The molecule has 6 N–H and O–H groups in total. The van der Waals surface area contributed by atoms with Gasteiger partial charge in [0.05, 0.1) is 37.3 Å². The zero-order valence-electron chi connectivity index (χ0n) is 23.0. The van der Waals surface area contributed by atoms with E-state index >= 15 is 0 Å². The number of carbonyl (C=O) groups excluding carboxylic acids is 3. The second kappa shape index (κ2) is 15.7. The van der Waals surface area contributed by atoms with Crippen LogP contribution in [0.25, 0.3) is 0 Å². The molecule has 0 heterocycles. The number of carbonyl (C=O) groups is 3. The molecule has 1 aromatic carbocycles. The number of hydrogen-bond donors (Lipinski definition) is 4. The average Bonchev–Trinajstić information content (AvgIpc) is 3.60. The van der Waals surface area contributed by atoms with Crippen LogP contribution in [-0.2, 0) is 30.4 Å². The van der Waals surface area contributed by atoms with Crippen molar-refractivity contribution in [3.05, 3.63) is 35.9 Å². The molecule has 13 heteroatoms. The monoisotopic (exact) mass is 547 g/mol. The Morgan fingerprint density at radius 2 is 1.87 bits per heavy atom. The summed E-state index contributed by atoms with van der Waals surface area (Å²) < 4.78 is 16.1. The standard InChI is InChI=1S/C26H41N7O6/c1-4-21(34)38-14-9-8-12-30-24(36)39-15-13-29-22(32-33-28)26(16-20(26)31-23(35)25(2,3)27)18-37-17-19-10-6-5-7-11-19/h5-7,10-11,20H,4,8-9,12-18,27H2,1-3H3,(H,30,36)(H,31,35)(H2,28,29,32)/t20?,26-/m0/s1. The van der Waals surface area contributed by atoms with Gasteiger partial charge in [-0.1, -0.05) is 42.5 Å². The minimum atomic E-state index is -1.06. The quantitative estimate of drug-likeness (QED) is 0.0459. The number of hydrogen-bond acceptors (Lipinski definition) is 9. The molecule has 0 aliphatic heterocycles. The molecule has 1 fully saturated rings. The first-order valence-electron chi connectivity index (χ1n) is 13.1. The van der Waals surface area contributed by atoms with E-state index in [-0.39, 0.29) is 37.7 Å². The highest BCUT2D eigenvalue weighted by Gasteiger charge is 2.60. The van der Waals surface area contributed by atoms with Crippen molar-refractivity contribution in [3.63, 3.8) is 0 Å². The second-order valence-electron chi connectivity index (χ2n) is 9.85. The van der Waals surface area contributed by atoms with Crippen molar-refractivity contribution < 1.29 is 28.6 Å². The molecule has 1 unspecified atom stereocenters. The van der Waals surface area contributed by atoms with Crippen LogP contribution in [0.3, 0.4) is 0 Å². The Balaban J connectivity index is 1.90. The molecule has 1 aliphatic rings. The van der Waals surface area contributed by atoms with Crippen LogP contribution < -0.4 is 22.2 Å². The molecule has 0 radical (unpaired) electrons. The van der Waals surface area contributed by atoms with E-state index in [2.05, 4.69) is 26.0 Å². The molecule has 2 amide bonds. The smallest absolute Gasteiger partial charge is 0.407 e. The van der Waals surface area contributed by atoms with Crippen LogP contribution in [0.4, 0.5) is 4.79 Å². The molecule has 1 aromatic rings. The van der Waals surface area contributed by atoms with E-state index in [9.17, 15) is 14.4 Å². The number of amidine groups is 1. The molecule has 2 atom stereocenters. The molecule has 1 saturated carbocycles. The normalized spacial score (nSPS) is 19.0. The van der Waals surface area contributed by atoms with Crippen molar-refractivity contribution in [2.45, 2.75) is 64.6 Å². The fourth-order valence-electron chi connectivity index (χ4n) is 3.63. The van der Waals surface area contributed by atoms with Crippen molar-refractivity contribution in [2.75, 3.05) is 32.9 Å². The van der Waals surface area contributed by atoms with Crippen LogP contribution in [0.5, 0.6) is 0 Å². The molecule has 0 bridgehead atoms. The molecule has 216 valence electrons. The SMILES string of the molecule is CCC(=O)OCCCCNC(=O)OCCN=C(N=NN)[C@]1(COCc2ccccc2)CC1NC(=O)C(C)(C)N. The Labute approximate surface area is 229 Å². The number of nitrogens with one attached hydrogen (secondary N) is 2. The lowest BCUT2D eigenvalue weighted by Crippen LogP contribution is -2.51.